The molecule has 2 nitrogen and oxygen atoms in total. The molecule has 0 N–H and O–H groups in total. The van der Waals surface area contributed by atoms with E-state index in [2.05, 4.69) is 15.9 Å². The van der Waals surface area contributed by atoms with Gasteiger partial charge in [-0.05, 0) is 5.47 Å². The largest absolute Gasteiger partial charge is 0.338 e. The van der Waals surface area contributed by atoms with Crippen LogP contribution < -0.4 is 0 Å². The Morgan fingerprint density at radius 3 is 2.44 bits per heavy atom. The molecule has 0 aromatic rings. The van der Waals surface area contributed by atoms with Crippen LogP contribution in [-0.2, 0) is 4.79 Å². The number of hydrogen-bond donors (Lipinski definition) is 0. The highest BCUT2D eigenvalue weighted by Crippen LogP contribution is 2.19. The quantitative estimate of drug-likeness (QED) is 0.477. The Morgan fingerprint density at radius 1 is 1.78 bits per heavy atom. The van der Waals surface area contributed by atoms with Crippen molar-refractivity contribution in [2.45, 2.75) is 0 Å². The Bertz CT molecular complexity index is 189. The second-order valence-electron chi connectivity index (χ2n) is 2.19. The van der Waals surface area contributed by atoms with E-state index in [0.29, 0.717) is 0 Å². The molecular formula is C5H7BBrNO. The summed E-state index contributed by atoms with van der Waals surface area (Å²) in [5.41, 5.74) is 0.831. The summed E-state index contributed by atoms with van der Waals surface area (Å²) < 4.78 is 1.01. The first-order valence-electron chi connectivity index (χ1n) is 2.73. The van der Waals surface area contributed by atoms with Gasteiger partial charge in [0.15, 0.2) is 0 Å². The lowest BCUT2D eigenvalue weighted by molar-refractivity contribution is -0.123. The monoisotopic (exact) mass is 187 g/mol. The molecule has 0 unspecified atom stereocenters. The third kappa shape index (κ3) is 1.03. The van der Waals surface area contributed by atoms with Gasteiger partial charge in [-0.25, -0.2) is 0 Å². The lowest BCUT2D eigenvalue weighted by atomic mass is 9.97. The molecule has 1 rings (SSSR count). The molecule has 0 aromatic carbocycles. The van der Waals surface area contributed by atoms with Crippen molar-refractivity contribution < 1.29 is 4.79 Å². The van der Waals surface area contributed by atoms with Gasteiger partial charge in [0.25, 0.3) is 0 Å². The van der Waals surface area contributed by atoms with Gasteiger partial charge in [0, 0.05) is 11.5 Å². The van der Waals surface area contributed by atoms with Crippen LogP contribution in [0.25, 0.3) is 0 Å². The Balaban J connectivity index is 2.87. The maximum absolute atomic E-state index is 11.0. The molecule has 48 valence electrons. The molecule has 0 radical (unpaired) electrons. The van der Waals surface area contributed by atoms with Crippen molar-refractivity contribution in [3.05, 3.63) is 9.95 Å². The Hall–Kier alpha value is -0.245. The number of amides is 1. The number of halogens is 1. The first-order chi connectivity index (χ1) is 4.13. The Morgan fingerprint density at radius 2 is 2.33 bits per heavy atom. The smallest absolute Gasteiger partial charge is 0.241 e. The average molecular weight is 188 g/mol. The van der Waals surface area contributed by atoms with E-state index in [-0.39, 0.29) is 5.91 Å². The van der Waals surface area contributed by atoms with Crippen molar-refractivity contribution in [3.8, 4) is 0 Å². The molecule has 1 amide bonds. The standard InChI is InChI=1S/C5H7BBrNO/c1-8-2-3(7)4(6)5(8)9/h2,6H2,1H3. The molecule has 0 fully saturated rings. The van der Waals surface area contributed by atoms with E-state index in [1.807, 2.05) is 7.85 Å². The van der Waals surface area contributed by atoms with Gasteiger partial charge in [-0.15, -0.1) is 0 Å². The normalized spacial score (nSPS) is 19.8. The van der Waals surface area contributed by atoms with E-state index in [9.17, 15) is 4.79 Å². The van der Waals surface area contributed by atoms with Crippen molar-refractivity contribution in [1.29, 1.82) is 0 Å². The zero-order chi connectivity index (χ0) is 7.02. The molecule has 0 saturated heterocycles. The molecule has 0 saturated carbocycles. The minimum absolute atomic E-state index is 0.127. The highest BCUT2D eigenvalue weighted by Gasteiger charge is 2.21. The molecule has 0 aliphatic carbocycles. The van der Waals surface area contributed by atoms with Gasteiger partial charge >= 0.3 is 0 Å². The summed E-state index contributed by atoms with van der Waals surface area (Å²) in [5.74, 6) is 0.127. The van der Waals surface area contributed by atoms with Gasteiger partial charge in [0.05, 0.1) is 6.54 Å². The molecule has 1 aliphatic heterocycles. The van der Waals surface area contributed by atoms with E-state index in [4.69, 9.17) is 0 Å². The minimum atomic E-state index is 0.127. The van der Waals surface area contributed by atoms with Gasteiger partial charge in [-0.3, -0.25) is 4.79 Å². The summed E-state index contributed by atoms with van der Waals surface area (Å²) in [6, 6.07) is 0. The van der Waals surface area contributed by atoms with E-state index in [1.165, 1.54) is 0 Å². The zero-order valence-electron chi connectivity index (χ0n) is 5.44. The van der Waals surface area contributed by atoms with Gasteiger partial charge in [0.1, 0.15) is 7.85 Å². The van der Waals surface area contributed by atoms with Crippen LogP contribution >= 0.6 is 15.9 Å². The maximum Gasteiger partial charge on any atom is 0.241 e. The number of hydrogen-bond acceptors (Lipinski definition) is 1. The van der Waals surface area contributed by atoms with Crippen molar-refractivity contribution in [2.75, 3.05) is 13.6 Å². The van der Waals surface area contributed by atoms with Crippen LogP contribution in [0.1, 0.15) is 0 Å². The fourth-order valence-electron chi connectivity index (χ4n) is 0.801. The summed E-state index contributed by atoms with van der Waals surface area (Å²) >= 11 is 3.30. The molecule has 0 aromatic heterocycles. The van der Waals surface area contributed by atoms with Gasteiger partial charge < -0.3 is 4.90 Å². The number of likely N-dealkylation sites (N-methyl/N-ethyl adjacent to an activating group) is 1. The van der Waals surface area contributed by atoms with Crippen molar-refractivity contribution >= 4 is 29.7 Å². The summed E-state index contributed by atoms with van der Waals surface area (Å²) in [4.78, 5) is 12.6. The van der Waals surface area contributed by atoms with Crippen LogP contribution in [0.2, 0.25) is 0 Å². The maximum atomic E-state index is 11.0. The summed E-state index contributed by atoms with van der Waals surface area (Å²) in [6.07, 6.45) is 0. The fraction of sp³-hybridized carbons (Fsp3) is 0.400. The SMILES string of the molecule is BC1=C(Br)CN(C)C1=O. The first-order valence-corrected chi connectivity index (χ1v) is 3.53. The predicted molar refractivity (Wildman–Crippen MR) is 42.1 cm³/mol. The average Bonchev–Trinajstić information content (AvgIpc) is 1.98. The number of nitrogens with zero attached hydrogens (tertiary/aromatic N) is 1. The summed E-state index contributed by atoms with van der Waals surface area (Å²) in [6.45, 7) is 0.727. The second kappa shape index (κ2) is 2.18. The van der Waals surface area contributed by atoms with Crippen molar-refractivity contribution in [2.24, 2.45) is 0 Å². The van der Waals surface area contributed by atoms with E-state index in [0.717, 1.165) is 16.5 Å². The van der Waals surface area contributed by atoms with E-state index in [1.54, 1.807) is 11.9 Å². The second-order valence-corrected chi connectivity index (χ2v) is 3.15. The predicted octanol–water partition coefficient (Wildman–Crippen LogP) is -0.302. The van der Waals surface area contributed by atoms with Gasteiger partial charge in [0.2, 0.25) is 5.91 Å². The molecule has 4 heteroatoms. The molecule has 0 spiro atoms. The third-order valence-electron chi connectivity index (χ3n) is 1.45. The number of carbonyl (C=O) groups excluding carboxylic acids is 1. The highest BCUT2D eigenvalue weighted by molar-refractivity contribution is 9.11. The molecular weight excluding hydrogens is 181 g/mol. The minimum Gasteiger partial charge on any atom is -0.338 e. The van der Waals surface area contributed by atoms with Crippen LogP contribution in [0.5, 0.6) is 0 Å². The first kappa shape index (κ1) is 6.87. The van der Waals surface area contributed by atoms with E-state index >= 15 is 0 Å². The summed E-state index contributed by atoms with van der Waals surface area (Å²) in [7, 11) is 3.62. The third-order valence-corrected chi connectivity index (χ3v) is 2.30. The molecule has 0 bridgehead atoms. The van der Waals surface area contributed by atoms with Gasteiger partial charge in [-0.2, -0.15) is 0 Å². The van der Waals surface area contributed by atoms with Crippen LogP contribution in [0.15, 0.2) is 9.95 Å². The number of rotatable bonds is 0. The lowest BCUT2D eigenvalue weighted by Gasteiger charge is -2.05. The van der Waals surface area contributed by atoms with Crippen molar-refractivity contribution in [1.82, 2.24) is 4.90 Å². The number of carbonyl (C=O) groups is 1. The fourth-order valence-corrected chi connectivity index (χ4v) is 1.35. The Labute approximate surface area is 63.4 Å². The van der Waals surface area contributed by atoms with E-state index < -0.39 is 0 Å². The molecule has 0 atom stereocenters. The molecule has 9 heavy (non-hydrogen) atoms. The highest BCUT2D eigenvalue weighted by atomic mass is 79.9. The van der Waals surface area contributed by atoms with Crippen LogP contribution in [-0.4, -0.2) is 32.2 Å². The Kier molecular flexibility index (Phi) is 1.66. The zero-order valence-corrected chi connectivity index (χ0v) is 7.03. The lowest BCUT2D eigenvalue weighted by Crippen LogP contribution is -2.21. The van der Waals surface area contributed by atoms with Crippen LogP contribution in [0.3, 0.4) is 0 Å². The molecule has 1 aliphatic rings. The molecule has 1 heterocycles. The van der Waals surface area contributed by atoms with Crippen molar-refractivity contribution in [3.63, 3.8) is 0 Å². The topological polar surface area (TPSA) is 20.3 Å². The van der Waals surface area contributed by atoms with Gasteiger partial charge in [-0.1, -0.05) is 15.9 Å². The van der Waals surface area contributed by atoms with Crippen LogP contribution in [0, 0.1) is 0 Å². The summed E-state index contributed by atoms with van der Waals surface area (Å²) in [5, 5.41) is 0. The van der Waals surface area contributed by atoms with Crippen LogP contribution in [0.4, 0.5) is 0 Å².